The topological polar surface area (TPSA) is 75.1 Å². The van der Waals surface area contributed by atoms with Gasteiger partial charge in [0.1, 0.15) is 11.5 Å². The van der Waals surface area contributed by atoms with E-state index in [4.69, 9.17) is 9.97 Å². The SMILES string of the molecule is CC(C)=Cc1nc2c(nc1NC(=O)Cc1ccc(F)cc1)CCc1cc(CO)ccc1-2. The number of fused-ring (bicyclic) bond motifs is 3. The van der Waals surface area contributed by atoms with Gasteiger partial charge in [0, 0.05) is 5.56 Å². The van der Waals surface area contributed by atoms with Crippen LogP contribution in [0.2, 0.25) is 0 Å². The minimum atomic E-state index is -0.332. The number of rotatable bonds is 5. The quantitative estimate of drug-likeness (QED) is 0.642. The molecule has 1 heterocycles. The third-order valence-corrected chi connectivity index (χ3v) is 5.19. The number of anilines is 1. The largest absolute Gasteiger partial charge is 0.392 e. The lowest BCUT2D eigenvalue weighted by molar-refractivity contribution is -0.115. The first-order valence-corrected chi connectivity index (χ1v) is 10.3. The highest BCUT2D eigenvalue weighted by Crippen LogP contribution is 2.34. The van der Waals surface area contributed by atoms with Gasteiger partial charge >= 0.3 is 0 Å². The number of nitrogens with one attached hydrogen (secondary N) is 1. The van der Waals surface area contributed by atoms with Crippen LogP contribution in [0.5, 0.6) is 0 Å². The molecule has 0 aliphatic heterocycles. The van der Waals surface area contributed by atoms with Gasteiger partial charge in [-0.15, -0.1) is 0 Å². The van der Waals surface area contributed by atoms with Crippen LogP contribution in [0.4, 0.5) is 10.2 Å². The summed E-state index contributed by atoms with van der Waals surface area (Å²) in [5, 5.41) is 12.3. The Morgan fingerprint density at radius 2 is 1.84 bits per heavy atom. The van der Waals surface area contributed by atoms with Crippen molar-refractivity contribution < 1.29 is 14.3 Å². The predicted octanol–water partition coefficient (Wildman–Crippen LogP) is 4.48. The van der Waals surface area contributed by atoms with E-state index in [9.17, 15) is 14.3 Å². The van der Waals surface area contributed by atoms with Crippen molar-refractivity contribution in [1.82, 2.24) is 9.97 Å². The number of amides is 1. The van der Waals surface area contributed by atoms with Gasteiger partial charge in [-0.3, -0.25) is 4.79 Å². The van der Waals surface area contributed by atoms with E-state index < -0.39 is 0 Å². The van der Waals surface area contributed by atoms with Crippen LogP contribution in [0, 0.1) is 5.82 Å². The highest BCUT2D eigenvalue weighted by molar-refractivity contribution is 5.93. The molecule has 2 N–H and O–H groups in total. The molecule has 0 atom stereocenters. The molecule has 0 unspecified atom stereocenters. The van der Waals surface area contributed by atoms with Gasteiger partial charge in [0.05, 0.1) is 24.4 Å². The first-order valence-electron chi connectivity index (χ1n) is 10.3. The second-order valence-electron chi connectivity index (χ2n) is 7.98. The molecule has 0 bridgehead atoms. The molecule has 1 aromatic heterocycles. The smallest absolute Gasteiger partial charge is 0.230 e. The Balaban J connectivity index is 1.67. The number of halogens is 1. The van der Waals surface area contributed by atoms with Crippen molar-refractivity contribution in [3.05, 3.63) is 81.9 Å². The molecule has 0 saturated heterocycles. The summed E-state index contributed by atoms with van der Waals surface area (Å²) >= 11 is 0. The lowest BCUT2D eigenvalue weighted by Crippen LogP contribution is -2.19. The van der Waals surface area contributed by atoms with Gasteiger partial charge in [0.15, 0.2) is 5.82 Å². The second-order valence-corrected chi connectivity index (χ2v) is 7.98. The maximum atomic E-state index is 13.1. The molecule has 6 heteroatoms. The average Bonchev–Trinajstić information content (AvgIpc) is 2.75. The summed E-state index contributed by atoms with van der Waals surface area (Å²) in [4.78, 5) is 22.2. The number of aliphatic hydroxyl groups excluding tert-OH is 1. The number of carbonyl (C=O) groups is 1. The molecule has 0 radical (unpaired) electrons. The van der Waals surface area contributed by atoms with E-state index in [1.165, 1.54) is 12.1 Å². The lowest BCUT2D eigenvalue weighted by Gasteiger charge is -2.21. The minimum Gasteiger partial charge on any atom is -0.392 e. The minimum absolute atomic E-state index is 0.00780. The van der Waals surface area contributed by atoms with Crippen LogP contribution in [0.15, 0.2) is 48.0 Å². The molecule has 158 valence electrons. The number of aromatic nitrogens is 2. The maximum absolute atomic E-state index is 13.1. The fourth-order valence-electron chi connectivity index (χ4n) is 3.74. The summed E-state index contributed by atoms with van der Waals surface area (Å²) in [7, 11) is 0. The number of carbonyl (C=O) groups excluding carboxylic acids is 1. The molecule has 1 aliphatic carbocycles. The third kappa shape index (κ3) is 4.70. The zero-order valence-corrected chi connectivity index (χ0v) is 17.6. The first-order chi connectivity index (χ1) is 14.9. The number of nitrogens with zero attached hydrogens (tertiary/aromatic N) is 2. The van der Waals surface area contributed by atoms with Crippen molar-refractivity contribution in [3.8, 4) is 11.3 Å². The summed E-state index contributed by atoms with van der Waals surface area (Å²) in [6.45, 7) is 3.94. The van der Waals surface area contributed by atoms with E-state index in [-0.39, 0.29) is 24.8 Å². The monoisotopic (exact) mass is 417 g/mol. The van der Waals surface area contributed by atoms with Crippen molar-refractivity contribution in [3.63, 3.8) is 0 Å². The summed E-state index contributed by atoms with van der Waals surface area (Å²) in [6, 6.07) is 11.8. The number of hydrogen-bond donors (Lipinski definition) is 2. The summed E-state index contributed by atoms with van der Waals surface area (Å²) in [5.74, 6) is -0.127. The fraction of sp³-hybridized carbons (Fsp3) is 0.240. The zero-order valence-electron chi connectivity index (χ0n) is 17.6. The van der Waals surface area contributed by atoms with Gasteiger partial charge in [-0.2, -0.15) is 0 Å². The van der Waals surface area contributed by atoms with Gasteiger partial charge in [-0.25, -0.2) is 14.4 Å². The number of aryl methyl sites for hydroxylation is 2. The number of hydrogen-bond acceptors (Lipinski definition) is 4. The van der Waals surface area contributed by atoms with Crippen molar-refractivity contribution in [2.45, 2.75) is 39.7 Å². The van der Waals surface area contributed by atoms with Crippen molar-refractivity contribution in [2.24, 2.45) is 0 Å². The number of allylic oxidation sites excluding steroid dienone is 1. The Morgan fingerprint density at radius 1 is 1.10 bits per heavy atom. The molecule has 5 nitrogen and oxygen atoms in total. The fourth-order valence-corrected chi connectivity index (χ4v) is 3.74. The van der Waals surface area contributed by atoms with Gasteiger partial charge in [-0.1, -0.05) is 35.9 Å². The molecule has 1 aliphatic rings. The zero-order chi connectivity index (χ0) is 22.0. The molecular weight excluding hydrogens is 393 g/mol. The first kappa shape index (κ1) is 20.9. The summed E-state index contributed by atoms with van der Waals surface area (Å²) < 4.78 is 13.1. The van der Waals surface area contributed by atoms with Crippen LogP contribution in [-0.2, 0) is 30.7 Å². The van der Waals surface area contributed by atoms with Crippen LogP contribution in [-0.4, -0.2) is 21.0 Å². The highest BCUT2D eigenvalue weighted by atomic mass is 19.1. The highest BCUT2D eigenvalue weighted by Gasteiger charge is 2.22. The predicted molar refractivity (Wildman–Crippen MR) is 119 cm³/mol. The Hall–Kier alpha value is -3.38. The third-order valence-electron chi connectivity index (χ3n) is 5.19. The van der Waals surface area contributed by atoms with Crippen LogP contribution >= 0.6 is 0 Å². The van der Waals surface area contributed by atoms with Crippen LogP contribution < -0.4 is 5.32 Å². The van der Waals surface area contributed by atoms with Gasteiger partial charge in [-0.05, 0) is 61.6 Å². The van der Waals surface area contributed by atoms with E-state index in [1.807, 2.05) is 38.1 Å². The summed E-state index contributed by atoms with van der Waals surface area (Å²) in [5.41, 5.74) is 7.05. The Labute approximate surface area is 180 Å². The number of benzene rings is 2. The van der Waals surface area contributed by atoms with Gasteiger partial charge in [0.2, 0.25) is 5.91 Å². The standard InChI is InChI=1S/C25H24FN3O2/c1-15(2)11-22-25(29-23(31)13-16-3-7-19(26)8-4-16)28-21-10-6-18-12-17(14-30)5-9-20(18)24(21)27-22/h3-5,7-9,11-12,30H,6,10,13-14H2,1-2H3,(H,28,29,31). The van der Waals surface area contributed by atoms with Gasteiger partial charge in [0.25, 0.3) is 0 Å². The van der Waals surface area contributed by atoms with Crippen molar-refractivity contribution in [2.75, 3.05) is 5.32 Å². The molecule has 1 amide bonds. The Bertz CT molecular complexity index is 1170. The molecule has 3 aromatic rings. The van der Waals surface area contributed by atoms with E-state index >= 15 is 0 Å². The summed E-state index contributed by atoms with van der Waals surface area (Å²) in [6.07, 6.45) is 3.53. The molecule has 0 saturated carbocycles. The van der Waals surface area contributed by atoms with Crippen molar-refractivity contribution >= 4 is 17.8 Å². The second kappa shape index (κ2) is 8.78. The van der Waals surface area contributed by atoms with E-state index in [0.717, 1.165) is 45.6 Å². The van der Waals surface area contributed by atoms with Crippen LogP contribution in [0.3, 0.4) is 0 Å². The van der Waals surface area contributed by atoms with E-state index in [2.05, 4.69) is 5.32 Å². The number of aliphatic hydroxyl groups is 1. The normalized spacial score (nSPS) is 12.0. The molecule has 4 rings (SSSR count). The molecule has 0 fully saturated rings. The maximum Gasteiger partial charge on any atom is 0.230 e. The lowest BCUT2D eigenvalue weighted by atomic mass is 9.90. The average molecular weight is 417 g/mol. The van der Waals surface area contributed by atoms with Crippen molar-refractivity contribution in [1.29, 1.82) is 0 Å². The van der Waals surface area contributed by atoms with Gasteiger partial charge < -0.3 is 10.4 Å². The van der Waals surface area contributed by atoms with Crippen LogP contribution in [0.1, 0.15) is 41.9 Å². The molecule has 0 spiro atoms. The van der Waals surface area contributed by atoms with E-state index in [1.54, 1.807) is 12.1 Å². The molecule has 2 aromatic carbocycles. The Morgan fingerprint density at radius 3 is 2.55 bits per heavy atom. The molecule has 31 heavy (non-hydrogen) atoms. The molecular formula is C25H24FN3O2. The van der Waals surface area contributed by atoms with E-state index in [0.29, 0.717) is 17.9 Å². The Kier molecular flexibility index (Phi) is 5.91. The van der Waals surface area contributed by atoms with Crippen LogP contribution in [0.25, 0.3) is 17.3 Å².